The van der Waals surface area contributed by atoms with E-state index in [2.05, 4.69) is 19.1 Å². The highest BCUT2D eigenvalue weighted by Crippen LogP contribution is 2.25. The number of aryl methyl sites for hydroxylation is 1. The molecule has 7 heteroatoms. The van der Waals surface area contributed by atoms with Crippen LogP contribution in [-0.4, -0.2) is 41.6 Å². The summed E-state index contributed by atoms with van der Waals surface area (Å²) in [6.07, 6.45) is 10.2. The molecule has 0 N–H and O–H groups in total. The summed E-state index contributed by atoms with van der Waals surface area (Å²) in [4.78, 5) is 37.8. The number of methoxy groups -OCH3 is 1. The molecule has 0 fully saturated rings. The van der Waals surface area contributed by atoms with Crippen molar-refractivity contribution in [3.63, 3.8) is 0 Å². The lowest BCUT2D eigenvalue weighted by Gasteiger charge is -2.19. The van der Waals surface area contributed by atoms with Crippen LogP contribution in [-0.2, 0) is 27.2 Å². The van der Waals surface area contributed by atoms with Gasteiger partial charge < -0.3 is 18.8 Å². The third-order valence-electron chi connectivity index (χ3n) is 6.41. The molecule has 0 saturated heterocycles. The minimum Gasteiger partial charge on any atom is -0.486 e. The molecule has 3 rings (SSSR count). The molecule has 0 atom stereocenters. The standard InChI is InChI=1S/C32H41NO6/c1-6-7-8-9-10-11-12-23-13-16-26(17-14-23)38-22-25(34)20-33-21-28(31(36)37-5)27-19-24(15-18-29(27)33)30(35)39-32(2,3)4/h13-19,21H,6-12,20,22H2,1-5H3. The Morgan fingerprint density at radius 2 is 1.56 bits per heavy atom. The van der Waals surface area contributed by atoms with Gasteiger partial charge in [0.25, 0.3) is 0 Å². The van der Waals surface area contributed by atoms with Crippen molar-refractivity contribution in [2.45, 2.75) is 84.8 Å². The molecule has 0 unspecified atom stereocenters. The molecule has 7 nitrogen and oxygen atoms in total. The number of unbranched alkanes of at least 4 members (excludes halogenated alkanes) is 5. The number of Topliss-reactive ketones (excluding diaryl/α,β-unsaturated/α-hetero) is 1. The van der Waals surface area contributed by atoms with E-state index < -0.39 is 17.5 Å². The second-order valence-electron chi connectivity index (χ2n) is 10.9. The molecular weight excluding hydrogens is 494 g/mol. The van der Waals surface area contributed by atoms with Gasteiger partial charge in [0.15, 0.2) is 5.78 Å². The molecule has 0 saturated carbocycles. The lowest BCUT2D eigenvalue weighted by molar-refractivity contribution is -0.121. The molecule has 0 spiro atoms. The van der Waals surface area contributed by atoms with Gasteiger partial charge in [-0.3, -0.25) is 4.79 Å². The summed E-state index contributed by atoms with van der Waals surface area (Å²) in [5.74, 6) is -0.555. The Labute approximate surface area is 231 Å². The number of aromatic nitrogens is 1. The van der Waals surface area contributed by atoms with E-state index in [9.17, 15) is 14.4 Å². The van der Waals surface area contributed by atoms with Crippen molar-refractivity contribution in [1.82, 2.24) is 4.57 Å². The highest BCUT2D eigenvalue weighted by Gasteiger charge is 2.22. The maximum Gasteiger partial charge on any atom is 0.340 e. The van der Waals surface area contributed by atoms with E-state index in [-0.39, 0.29) is 24.5 Å². The fraction of sp³-hybridized carbons (Fsp3) is 0.469. The Morgan fingerprint density at radius 3 is 2.23 bits per heavy atom. The Morgan fingerprint density at radius 1 is 0.872 bits per heavy atom. The molecule has 0 aliphatic rings. The van der Waals surface area contributed by atoms with E-state index in [1.165, 1.54) is 51.2 Å². The molecule has 39 heavy (non-hydrogen) atoms. The van der Waals surface area contributed by atoms with Crippen molar-refractivity contribution in [3.8, 4) is 5.75 Å². The molecule has 1 aromatic heterocycles. The monoisotopic (exact) mass is 535 g/mol. The molecule has 2 aromatic carbocycles. The molecule has 0 radical (unpaired) electrons. The molecule has 0 aliphatic heterocycles. The summed E-state index contributed by atoms with van der Waals surface area (Å²) in [6.45, 7) is 7.51. The number of hydrogen-bond donors (Lipinski definition) is 0. The van der Waals surface area contributed by atoms with Crippen LogP contribution in [0.2, 0.25) is 0 Å². The van der Waals surface area contributed by atoms with Crippen molar-refractivity contribution in [2.24, 2.45) is 0 Å². The van der Waals surface area contributed by atoms with Crippen LogP contribution in [0.5, 0.6) is 5.75 Å². The number of hydrogen-bond acceptors (Lipinski definition) is 6. The van der Waals surface area contributed by atoms with Crippen LogP contribution < -0.4 is 4.74 Å². The van der Waals surface area contributed by atoms with Crippen molar-refractivity contribution < 1.29 is 28.6 Å². The number of esters is 2. The highest BCUT2D eigenvalue weighted by atomic mass is 16.6. The Bertz CT molecular complexity index is 1270. The number of benzene rings is 2. The molecule has 1 heterocycles. The van der Waals surface area contributed by atoms with E-state index in [0.717, 1.165) is 6.42 Å². The summed E-state index contributed by atoms with van der Waals surface area (Å²) in [6, 6.07) is 12.8. The molecular formula is C32H41NO6. The van der Waals surface area contributed by atoms with Crippen molar-refractivity contribution in [3.05, 3.63) is 65.4 Å². The topological polar surface area (TPSA) is 83.8 Å². The second-order valence-corrected chi connectivity index (χ2v) is 10.9. The van der Waals surface area contributed by atoms with E-state index in [0.29, 0.717) is 22.2 Å². The van der Waals surface area contributed by atoms with Crippen molar-refractivity contribution in [1.29, 1.82) is 0 Å². The van der Waals surface area contributed by atoms with Crippen LogP contribution in [0.4, 0.5) is 0 Å². The first-order valence-corrected chi connectivity index (χ1v) is 13.8. The third kappa shape index (κ3) is 8.98. The second kappa shape index (κ2) is 14.0. The van der Waals surface area contributed by atoms with E-state index >= 15 is 0 Å². The van der Waals surface area contributed by atoms with Gasteiger partial charge in [0.2, 0.25) is 0 Å². The van der Waals surface area contributed by atoms with Crippen LogP contribution in [0.25, 0.3) is 10.9 Å². The van der Waals surface area contributed by atoms with Gasteiger partial charge >= 0.3 is 11.9 Å². The van der Waals surface area contributed by atoms with Gasteiger partial charge in [-0.25, -0.2) is 9.59 Å². The number of carbonyl (C=O) groups is 3. The lowest BCUT2D eigenvalue weighted by atomic mass is 10.0. The fourth-order valence-electron chi connectivity index (χ4n) is 4.43. The molecule has 3 aromatic rings. The zero-order chi connectivity index (χ0) is 28.4. The lowest BCUT2D eigenvalue weighted by Crippen LogP contribution is -2.23. The summed E-state index contributed by atoms with van der Waals surface area (Å²) in [7, 11) is 1.29. The van der Waals surface area contributed by atoms with Gasteiger partial charge in [0.05, 0.1) is 24.8 Å². The largest absolute Gasteiger partial charge is 0.486 e. The molecule has 0 aliphatic carbocycles. The Kier molecular flexibility index (Phi) is 10.7. The predicted octanol–water partition coefficient (Wildman–Crippen LogP) is 6.93. The molecule has 0 bridgehead atoms. The minimum absolute atomic E-state index is 0.00932. The SMILES string of the molecule is CCCCCCCCc1ccc(OCC(=O)Cn2cc(C(=O)OC)c3cc(C(=O)OC(C)(C)C)ccc32)cc1. The van der Waals surface area contributed by atoms with E-state index in [4.69, 9.17) is 14.2 Å². The van der Waals surface area contributed by atoms with Gasteiger partial charge in [-0.05, 0) is 69.5 Å². The van der Waals surface area contributed by atoms with Crippen LogP contribution in [0, 0.1) is 0 Å². The van der Waals surface area contributed by atoms with Crippen LogP contribution in [0.1, 0.15) is 92.5 Å². The maximum absolute atomic E-state index is 12.8. The third-order valence-corrected chi connectivity index (χ3v) is 6.41. The van der Waals surface area contributed by atoms with E-state index in [1.54, 1.807) is 49.7 Å². The van der Waals surface area contributed by atoms with Crippen molar-refractivity contribution >= 4 is 28.6 Å². The van der Waals surface area contributed by atoms with Gasteiger partial charge in [-0.1, -0.05) is 51.2 Å². The number of rotatable bonds is 14. The first kappa shape index (κ1) is 29.9. The summed E-state index contributed by atoms with van der Waals surface area (Å²) < 4.78 is 17.8. The fourth-order valence-corrected chi connectivity index (χ4v) is 4.43. The number of carbonyl (C=O) groups excluding carboxylic acids is 3. The molecule has 0 amide bonds. The summed E-state index contributed by atoms with van der Waals surface area (Å²) in [5.41, 5.74) is 1.84. The summed E-state index contributed by atoms with van der Waals surface area (Å²) in [5, 5.41) is 0.514. The molecule has 210 valence electrons. The average Bonchev–Trinajstić information content (AvgIpc) is 3.26. The van der Waals surface area contributed by atoms with Gasteiger partial charge in [-0.2, -0.15) is 0 Å². The highest BCUT2D eigenvalue weighted by molar-refractivity contribution is 6.07. The Hall–Kier alpha value is -3.61. The zero-order valence-corrected chi connectivity index (χ0v) is 23.9. The van der Waals surface area contributed by atoms with Crippen LogP contribution in [0.15, 0.2) is 48.7 Å². The number of nitrogens with zero attached hydrogens (tertiary/aromatic N) is 1. The Balaban J connectivity index is 1.62. The average molecular weight is 536 g/mol. The predicted molar refractivity (Wildman–Crippen MR) is 152 cm³/mol. The van der Waals surface area contributed by atoms with Gasteiger partial charge in [0.1, 0.15) is 18.0 Å². The van der Waals surface area contributed by atoms with Gasteiger partial charge in [-0.15, -0.1) is 0 Å². The maximum atomic E-state index is 12.8. The number of ketones is 1. The van der Waals surface area contributed by atoms with Gasteiger partial charge in [0, 0.05) is 17.1 Å². The summed E-state index contributed by atoms with van der Waals surface area (Å²) >= 11 is 0. The van der Waals surface area contributed by atoms with E-state index in [1.807, 2.05) is 12.1 Å². The first-order chi connectivity index (χ1) is 18.6. The quantitative estimate of drug-likeness (QED) is 0.164. The first-order valence-electron chi connectivity index (χ1n) is 13.8. The van der Waals surface area contributed by atoms with Crippen LogP contribution >= 0.6 is 0 Å². The number of ether oxygens (including phenoxy) is 3. The van der Waals surface area contributed by atoms with Crippen molar-refractivity contribution in [2.75, 3.05) is 13.7 Å². The smallest absolute Gasteiger partial charge is 0.340 e. The zero-order valence-electron chi connectivity index (χ0n) is 23.9. The number of fused-ring (bicyclic) bond motifs is 1. The van der Waals surface area contributed by atoms with Crippen LogP contribution in [0.3, 0.4) is 0 Å². The normalized spacial score (nSPS) is 11.4. The minimum atomic E-state index is -0.649.